The summed E-state index contributed by atoms with van der Waals surface area (Å²) in [4.78, 5) is 0. The van der Waals surface area contributed by atoms with E-state index in [0.29, 0.717) is 0 Å². The number of hydrogen-bond donors (Lipinski definition) is 0. The van der Waals surface area contributed by atoms with Crippen molar-refractivity contribution in [1.82, 2.24) is 0 Å². The second-order valence-electron chi connectivity index (χ2n) is 8.07. The molecule has 2 heteroatoms. The van der Waals surface area contributed by atoms with E-state index in [1.807, 2.05) is 0 Å². The first kappa shape index (κ1) is 23.5. The quantitative estimate of drug-likeness (QED) is 0.282. The predicted octanol–water partition coefficient (Wildman–Crippen LogP) is 7.32. The molecule has 0 aromatic heterocycles. The summed E-state index contributed by atoms with van der Waals surface area (Å²) in [5.74, 6) is 0. The Morgan fingerprint density at radius 3 is 1.50 bits per heavy atom. The predicted molar refractivity (Wildman–Crippen MR) is 119 cm³/mol. The molecule has 0 aliphatic carbocycles. The summed E-state index contributed by atoms with van der Waals surface area (Å²) in [6.45, 7) is 11.3. The molecule has 1 nitrogen and oxygen atoms in total. The van der Waals surface area contributed by atoms with E-state index in [4.69, 9.17) is 0 Å². The van der Waals surface area contributed by atoms with Crippen LogP contribution in [0.25, 0.3) is 0 Å². The summed E-state index contributed by atoms with van der Waals surface area (Å²) in [5.41, 5.74) is 0.933. The third kappa shape index (κ3) is 5.75. The Labute approximate surface area is 167 Å². The van der Waals surface area contributed by atoms with Gasteiger partial charge in [0.05, 0.1) is 0 Å². The van der Waals surface area contributed by atoms with Gasteiger partial charge in [0, 0.05) is 0 Å². The van der Waals surface area contributed by atoms with Crippen molar-refractivity contribution in [1.29, 1.82) is 5.26 Å². The van der Waals surface area contributed by atoms with Gasteiger partial charge in [0.2, 0.25) is 0 Å². The Hall–Kier alpha value is -0.491. The molecule has 0 spiro atoms. The van der Waals surface area contributed by atoms with Crippen molar-refractivity contribution in [2.24, 2.45) is 0 Å². The first-order chi connectivity index (χ1) is 12.6. The zero-order valence-corrected chi connectivity index (χ0v) is 20.9. The van der Waals surface area contributed by atoms with Gasteiger partial charge < -0.3 is 0 Å². The molecule has 1 aromatic carbocycles. The van der Waals surface area contributed by atoms with Gasteiger partial charge in [0.25, 0.3) is 0 Å². The second kappa shape index (κ2) is 12.1. The molecule has 1 rings (SSSR count). The van der Waals surface area contributed by atoms with Gasteiger partial charge >= 0.3 is 168 Å². The summed E-state index contributed by atoms with van der Waals surface area (Å²) in [7, 11) is 0. The number of benzene rings is 1. The summed E-state index contributed by atoms with van der Waals surface area (Å²) in [6, 6.07) is 12.1. The third-order valence-electron chi connectivity index (χ3n) is 6.50. The molecule has 26 heavy (non-hydrogen) atoms. The molecule has 0 radical (unpaired) electrons. The number of unbranched alkanes of at least 4 members (excludes halogenated alkanes) is 3. The van der Waals surface area contributed by atoms with Crippen LogP contribution in [0.2, 0.25) is 13.3 Å². The van der Waals surface area contributed by atoms with Gasteiger partial charge in [-0.15, -0.1) is 0 Å². The minimum atomic E-state index is -2.33. The van der Waals surface area contributed by atoms with Crippen LogP contribution < -0.4 is 3.58 Å². The molecule has 0 amide bonds. The number of nitriles is 1. The van der Waals surface area contributed by atoms with Crippen molar-refractivity contribution in [2.75, 3.05) is 0 Å². The van der Waals surface area contributed by atoms with Crippen molar-refractivity contribution in [3.63, 3.8) is 0 Å². The van der Waals surface area contributed by atoms with Gasteiger partial charge in [0.15, 0.2) is 0 Å². The Morgan fingerprint density at radius 2 is 1.19 bits per heavy atom. The van der Waals surface area contributed by atoms with Crippen LogP contribution >= 0.6 is 0 Å². The van der Waals surface area contributed by atoms with Crippen LogP contribution in [0.5, 0.6) is 0 Å². The number of hydrogen-bond acceptors (Lipinski definition) is 1. The van der Waals surface area contributed by atoms with Crippen LogP contribution in [-0.2, 0) is 5.41 Å². The molecule has 0 aliphatic heterocycles. The normalized spacial score (nSPS) is 12.2. The zero-order chi connectivity index (χ0) is 19.5. The van der Waals surface area contributed by atoms with E-state index in [1.54, 1.807) is 3.58 Å². The molecular formula is C24H41NSn. The van der Waals surface area contributed by atoms with E-state index in [-0.39, 0.29) is 5.41 Å². The number of rotatable bonds is 13. The molecule has 146 valence electrons. The molecule has 0 heterocycles. The van der Waals surface area contributed by atoms with E-state index in [9.17, 15) is 5.26 Å². The van der Waals surface area contributed by atoms with Crippen LogP contribution in [0.4, 0.5) is 0 Å². The van der Waals surface area contributed by atoms with Crippen molar-refractivity contribution in [3.05, 3.63) is 29.8 Å². The topological polar surface area (TPSA) is 23.8 Å². The van der Waals surface area contributed by atoms with Crippen molar-refractivity contribution >= 4 is 22.0 Å². The van der Waals surface area contributed by atoms with Crippen molar-refractivity contribution in [2.45, 2.75) is 105 Å². The van der Waals surface area contributed by atoms with Crippen LogP contribution in [0.3, 0.4) is 0 Å². The standard InChI is InChI=1S/C12H14N.3C4H9.Sn/c1-3-12(4-2,10-13)11-8-6-5-7-9-11;3*1-3-4-2;/h6-9H,3-4H2,1-2H3;3*1,3-4H2,2H3;. The third-order valence-corrected chi connectivity index (χ3v) is 22.2. The fourth-order valence-electron chi connectivity index (χ4n) is 4.38. The van der Waals surface area contributed by atoms with Gasteiger partial charge in [-0.2, -0.15) is 0 Å². The zero-order valence-electron chi connectivity index (χ0n) is 18.0. The fraction of sp³-hybridized carbons (Fsp3) is 0.708. The molecule has 1 aromatic rings. The van der Waals surface area contributed by atoms with Crippen LogP contribution in [0.15, 0.2) is 24.3 Å². The van der Waals surface area contributed by atoms with E-state index in [0.717, 1.165) is 12.8 Å². The minimum absolute atomic E-state index is 0.299. The van der Waals surface area contributed by atoms with Crippen LogP contribution in [-0.4, -0.2) is 18.4 Å². The summed E-state index contributed by atoms with van der Waals surface area (Å²) < 4.78 is 6.25. The molecule has 0 N–H and O–H groups in total. The molecule has 0 aliphatic rings. The Bertz CT molecular complexity index is 515. The maximum absolute atomic E-state index is 9.77. The second-order valence-corrected chi connectivity index (χ2v) is 21.3. The molecule has 0 saturated heterocycles. The van der Waals surface area contributed by atoms with Gasteiger partial charge in [0.1, 0.15) is 0 Å². The molecule has 0 unspecified atom stereocenters. The maximum atomic E-state index is 9.77. The summed E-state index contributed by atoms with van der Waals surface area (Å²) in [5, 5.41) is 9.77. The fourth-order valence-corrected chi connectivity index (χ4v) is 20.3. The summed E-state index contributed by atoms with van der Waals surface area (Å²) in [6.07, 6.45) is 9.95. The van der Waals surface area contributed by atoms with Crippen molar-refractivity contribution in [3.8, 4) is 6.07 Å². The van der Waals surface area contributed by atoms with Gasteiger partial charge in [-0.05, 0) is 0 Å². The van der Waals surface area contributed by atoms with Gasteiger partial charge in [-0.1, -0.05) is 0 Å². The SMILES string of the molecule is CCC[CH2][Sn]([CH2]CCC)([CH2]CCC)[c]1ccc(C(C#N)(CC)CC)cc1. The molecular weight excluding hydrogens is 421 g/mol. The molecule has 0 fully saturated rings. The first-order valence-corrected chi connectivity index (χ1v) is 18.6. The Kier molecular flexibility index (Phi) is 10.9. The molecule has 0 saturated carbocycles. The van der Waals surface area contributed by atoms with Gasteiger partial charge in [-0.25, -0.2) is 0 Å². The van der Waals surface area contributed by atoms with E-state index < -0.39 is 18.4 Å². The van der Waals surface area contributed by atoms with Crippen LogP contribution in [0, 0.1) is 11.3 Å². The Morgan fingerprint density at radius 1 is 0.769 bits per heavy atom. The van der Waals surface area contributed by atoms with E-state index in [2.05, 4.69) is 65.0 Å². The van der Waals surface area contributed by atoms with Gasteiger partial charge in [-0.3, -0.25) is 0 Å². The van der Waals surface area contributed by atoms with Crippen LogP contribution in [0.1, 0.15) is 91.5 Å². The summed E-state index contributed by atoms with van der Waals surface area (Å²) >= 11 is -2.33. The average molecular weight is 462 g/mol. The number of nitrogens with zero attached hydrogens (tertiary/aromatic N) is 1. The first-order valence-electron chi connectivity index (χ1n) is 11.1. The van der Waals surface area contributed by atoms with E-state index in [1.165, 1.54) is 57.4 Å². The molecule has 0 bridgehead atoms. The Balaban J connectivity index is 3.25. The van der Waals surface area contributed by atoms with E-state index >= 15 is 0 Å². The molecule has 0 atom stereocenters. The monoisotopic (exact) mass is 463 g/mol. The van der Waals surface area contributed by atoms with Crippen molar-refractivity contribution < 1.29 is 0 Å². The average Bonchev–Trinajstić information content (AvgIpc) is 2.70.